The molecule has 22 heavy (non-hydrogen) atoms. The van der Waals surface area contributed by atoms with E-state index < -0.39 is 0 Å². The maximum Gasteiger partial charge on any atom is 0.257 e. The Hall–Kier alpha value is -2.18. The SMILES string of the molecule is Cc1noc(C)c1C(=O)N[C@H]1CCc2nnc(C(C)C)n2C1. The van der Waals surface area contributed by atoms with E-state index >= 15 is 0 Å². The van der Waals surface area contributed by atoms with Crippen LogP contribution in [0.25, 0.3) is 0 Å². The number of carbonyl (C=O) groups excluding carboxylic acids is 1. The lowest BCUT2D eigenvalue weighted by molar-refractivity contribution is 0.0925. The van der Waals surface area contributed by atoms with Crippen molar-refractivity contribution in [2.45, 2.75) is 59.0 Å². The van der Waals surface area contributed by atoms with E-state index in [2.05, 4.69) is 39.1 Å². The first-order valence-electron chi connectivity index (χ1n) is 7.63. The number of rotatable bonds is 3. The summed E-state index contributed by atoms with van der Waals surface area (Å²) < 4.78 is 7.20. The Bertz CT molecular complexity index is 681. The highest BCUT2D eigenvalue weighted by Crippen LogP contribution is 2.21. The maximum atomic E-state index is 12.4. The van der Waals surface area contributed by atoms with Gasteiger partial charge in [0.15, 0.2) is 0 Å². The lowest BCUT2D eigenvalue weighted by Gasteiger charge is -2.25. The zero-order valence-corrected chi connectivity index (χ0v) is 13.4. The summed E-state index contributed by atoms with van der Waals surface area (Å²) in [4.78, 5) is 12.4. The van der Waals surface area contributed by atoms with Gasteiger partial charge in [0.1, 0.15) is 23.0 Å². The van der Waals surface area contributed by atoms with Gasteiger partial charge in [0, 0.05) is 24.9 Å². The molecule has 0 fully saturated rings. The topological polar surface area (TPSA) is 85.8 Å². The number of nitrogens with one attached hydrogen (secondary N) is 1. The van der Waals surface area contributed by atoms with E-state index in [1.807, 2.05) is 0 Å². The molecule has 3 heterocycles. The summed E-state index contributed by atoms with van der Waals surface area (Å²) in [6, 6.07) is 0.0715. The zero-order chi connectivity index (χ0) is 15.9. The van der Waals surface area contributed by atoms with Gasteiger partial charge >= 0.3 is 0 Å². The summed E-state index contributed by atoms with van der Waals surface area (Å²) >= 11 is 0. The van der Waals surface area contributed by atoms with E-state index in [9.17, 15) is 4.79 Å². The molecule has 0 spiro atoms. The number of hydrogen-bond acceptors (Lipinski definition) is 5. The van der Waals surface area contributed by atoms with Gasteiger partial charge in [-0.25, -0.2) is 0 Å². The second kappa shape index (κ2) is 5.55. The van der Waals surface area contributed by atoms with Crippen molar-refractivity contribution >= 4 is 5.91 Å². The molecule has 0 aromatic carbocycles. The van der Waals surface area contributed by atoms with Crippen LogP contribution in [0.4, 0.5) is 0 Å². The summed E-state index contributed by atoms with van der Waals surface area (Å²) in [5, 5.41) is 15.4. The highest BCUT2D eigenvalue weighted by Gasteiger charge is 2.27. The molecule has 1 atom stereocenters. The Kier molecular flexibility index (Phi) is 3.72. The fourth-order valence-electron chi connectivity index (χ4n) is 2.96. The number of fused-ring (bicyclic) bond motifs is 1. The minimum absolute atomic E-state index is 0.0715. The molecule has 7 nitrogen and oxygen atoms in total. The minimum Gasteiger partial charge on any atom is -0.361 e. The van der Waals surface area contributed by atoms with E-state index in [-0.39, 0.29) is 11.9 Å². The molecule has 118 valence electrons. The largest absolute Gasteiger partial charge is 0.361 e. The fraction of sp³-hybridized carbons (Fsp3) is 0.600. The third-order valence-corrected chi connectivity index (χ3v) is 4.09. The van der Waals surface area contributed by atoms with Crippen LogP contribution >= 0.6 is 0 Å². The number of nitrogens with zero attached hydrogens (tertiary/aromatic N) is 4. The highest BCUT2D eigenvalue weighted by molar-refractivity contribution is 5.96. The number of aromatic nitrogens is 4. The first kappa shape index (κ1) is 14.7. The quantitative estimate of drug-likeness (QED) is 0.933. The fourth-order valence-corrected chi connectivity index (χ4v) is 2.96. The first-order chi connectivity index (χ1) is 10.5. The molecule has 0 saturated carbocycles. The van der Waals surface area contributed by atoms with Crippen LogP contribution in [0.3, 0.4) is 0 Å². The molecule has 0 aliphatic carbocycles. The molecular weight excluding hydrogens is 282 g/mol. The van der Waals surface area contributed by atoms with Gasteiger partial charge < -0.3 is 14.4 Å². The zero-order valence-electron chi connectivity index (χ0n) is 13.4. The van der Waals surface area contributed by atoms with Gasteiger partial charge in [-0.15, -0.1) is 10.2 Å². The standard InChI is InChI=1S/C15H21N5O2/c1-8(2)14-18-17-12-6-5-11(7-20(12)14)16-15(21)13-9(3)19-22-10(13)4/h8,11H,5-7H2,1-4H3,(H,16,21)/t11-/m0/s1. The molecular formula is C15H21N5O2. The average Bonchev–Trinajstić information content (AvgIpc) is 3.02. The van der Waals surface area contributed by atoms with Crippen molar-refractivity contribution < 1.29 is 9.32 Å². The minimum atomic E-state index is -0.121. The lowest BCUT2D eigenvalue weighted by Crippen LogP contribution is -2.41. The Morgan fingerprint density at radius 2 is 2.14 bits per heavy atom. The average molecular weight is 303 g/mol. The van der Waals surface area contributed by atoms with Gasteiger partial charge in [-0.2, -0.15) is 0 Å². The van der Waals surface area contributed by atoms with Crippen molar-refractivity contribution in [2.75, 3.05) is 0 Å². The molecule has 1 aliphatic rings. The Morgan fingerprint density at radius 3 is 2.77 bits per heavy atom. The van der Waals surface area contributed by atoms with Crippen LogP contribution in [0.15, 0.2) is 4.52 Å². The molecule has 0 bridgehead atoms. The van der Waals surface area contributed by atoms with Gasteiger partial charge in [0.2, 0.25) is 0 Å². The predicted octanol–water partition coefficient (Wildman–Crippen LogP) is 1.75. The summed E-state index contributed by atoms with van der Waals surface area (Å²) in [5.41, 5.74) is 1.16. The van der Waals surface area contributed by atoms with Crippen LogP contribution in [-0.4, -0.2) is 31.9 Å². The number of carbonyl (C=O) groups is 1. The van der Waals surface area contributed by atoms with E-state index in [1.54, 1.807) is 13.8 Å². The van der Waals surface area contributed by atoms with Crippen LogP contribution < -0.4 is 5.32 Å². The van der Waals surface area contributed by atoms with E-state index in [0.29, 0.717) is 29.5 Å². The summed E-state index contributed by atoms with van der Waals surface area (Å²) in [7, 11) is 0. The second-order valence-electron chi connectivity index (χ2n) is 6.15. The van der Waals surface area contributed by atoms with Crippen molar-refractivity contribution in [3.8, 4) is 0 Å². The molecule has 1 aliphatic heterocycles. The van der Waals surface area contributed by atoms with Gasteiger partial charge in [-0.3, -0.25) is 4.79 Å². The number of amides is 1. The molecule has 7 heteroatoms. The Morgan fingerprint density at radius 1 is 1.36 bits per heavy atom. The highest BCUT2D eigenvalue weighted by atomic mass is 16.5. The van der Waals surface area contributed by atoms with E-state index in [0.717, 1.165) is 24.5 Å². The summed E-state index contributed by atoms with van der Waals surface area (Å²) in [5.74, 6) is 2.73. The third-order valence-electron chi connectivity index (χ3n) is 4.09. The molecule has 0 unspecified atom stereocenters. The smallest absolute Gasteiger partial charge is 0.257 e. The molecule has 3 rings (SSSR count). The lowest BCUT2D eigenvalue weighted by atomic mass is 10.1. The predicted molar refractivity (Wildman–Crippen MR) is 79.7 cm³/mol. The van der Waals surface area contributed by atoms with Crippen molar-refractivity contribution in [2.24, 2.45) is 0 Å². The van der Waals surface area contributed by atoms with Crippen LogP contribution in [-0.2, 0) is 13.0 Å². The summed E-state index contributed by atoms with van der Waals surface area (Å²) in [6.45, 7) is 8.45. The van der Waals surface area contributed by atoms with Crippen LogP contribution in [0.1, 0.15) is 59.6 Å². The molecule has 1 amide bonds. The molecule has 2 aromatic rings. The van der Waals surface area contributed by atoms with Crippen molar-refractivity contribution in [3.63, 3.8) is 0 Å². The van der Waals surface area contributed by atoms with Crippen molar-refractivity contribution in [1.29, 1.82) is 0 Å². The second-order valence-corrected chi connectivity index (χ2v) is 6.15. The van der Waals surface area contributed by atoms with Gasteiger partial charge in [0.25, 0.3) is 5.91 Å². The van der Waals surface area contributed by atoms with Crippen LogP contribution in [0, 0.1) is 13.8 Å². The molecule has 2 aromatic heterocycles. The van der Waals surface area contributed by atoms with Crippen molar-refractivity contribution in [1.82, 2.24) is 25.2 Å². The van der Waals surface area contributed by atoms with Crippen LogP contribution in [0.2, 0.25) is 0 Å². The third kappa shape index (κ3) is 2.51. The van der Waals surface area contributed by atoms with Gasteiger partial charge in [-0.05, 0) is 20.3 Å². The van der Waals surface area contributed by atoms with Gasteiger partial charge in [0.05, 0.1) is 5.69 Å². The molecule has 0 radical (unpaired) electrons. The van der Waals surface area contributed by atoms with E-state index in [4.69, 9.17) is 4.52 Å². The maximum absolute atomic E-state index is 12.4. The first-order valence-corrected chi connectivity index (χ1v) is 7.63. The summed E-state index contributed by atoms with van der Waals surface area (Å²) in [6.07, 6.45) is 1.69. The van der Waals surface area contributed by atoms with Crippen LogP contribution in [0.5, 0.6) is 0 Å². The molecule has 0 saturated heterocycles. The number of aryl methyl sites for hydroxylation is 3. The Labute approximate surface area is 129 Å². The number of hydrogen-bond donors (Lipinski definition) is 1. The van der Waals surface area contributed by atoms with Gasteiger partial charge in [-0.1, -0.05) is 19.0 Å². The van der Waals surface area contributed by atoms with E-state index in [1.165, 1.54) is 0 Å². The monoisotopic (exact) mass is 303 g/mol. The normalized spacial score (nSPS) is 17.6. The van der Waals surface area contributed by atoms with Crippen molar-refractivity contribution in [3.05, 3.63) is 28.7 Å². The molecule has 1 N–H and O–H groups in total. The Balaban J connectivity index is 1.75.